The first kappa shape index (κ1) is 11.9. The molecule has 0 aliphatic carbocycles. The van der Waals surface area contributed by atoms with Gasteiger partial charge in [-0.2, -0.15) is 0 Å². The summed E-state index contributed by atoms with van der Waals surface area (Å²) in [4.78, 5) is 23.6. The van der Waals surface area contributed by atoms with Crippen LogP contribution in [0.15, 0.2) is 0 Å². The largest absolute Gasteiger partial charge is 0.351 e. The summed E-state index contributed by atoms with van der Waals surface area (Å²) >= 11 is 0. The molecular weight excluding hydrogens is 198 g/mol. The molecule has 0 spiro atoms. The molecule has 1 saturated heterocycles. The van der Waals surface area contributed by atoms with Gasteiger partial charge in [-0.3, -0.25) is 15.0 Å². The molecule has 0 aromatic rings. The molecule has 0 saturated carbocycles. The van der Waals surface area contributed by atoms with Crippen LogP contribution in [0.1, 0.15) is 0 Å². The molecule has 0 aromatic heterocycles. The molecule has 1 fully saturated rings. The number of imide groups is 1. The van der Waals surface area contributed by atoms with Crippen molar-refractivity contribution in [2.75, 3.05) is 32.7 Å². The molecule has 1 rings (SSSR count). The summed E-state index contributed by atoms with van der Waals surface area (Å²) in [6.45, 7) is 2.97. The van der Waals surface area contributed by atoms with E-state index in [1.54, 1.807) is 0 Å². The quantitative estimate of drug-likeness (QED) is 0.413. The molecule has 86 valence electrons. The van der Waals surface area contributed by atoms with E-state index in [1.807, 2.05) is 10.2 Å². The van der Waals surface area contributed by atoms with E-state index in [4.69, 9.17) is 11.5 Å². The third kappa shape index (κ3) is 3.82. The highest BCUT2D eigenvalue weighted by Crippen LogP contribution is 2.00. The first-order valence-corrected chi connectivity index (χ1v) is 4.87. The summed E-state index contributed by atoms with van der Waals surface area (Å²) < 4.78 is 0. The fourth-order valence-electron chi connectivity index (χ4n) is 1.60. The fourth-order valence-corrected chi connectivity index (χ4v) is 1.60. The standard InChI is InChI=1S/C8H17N5O2/c9-3-6-4-11-1-2-13(6)5-7(14)12-8(10)15/h6,11H,1-5,9H2,(H3,10,12,14,15). The summed E-state index contributed by atoms with van der Waals surface area (Å²) in [5.74, 6) is -0.386. The number of rotatable bonds is 3. The predicted octanol–water partition coefficient (Wildman–Crippen LogP) is -2.59. The van der Waals surface area contributed by atoms with Gasteiger partial charge in [-0.1, -0.05) is 0 Å². The van der Waals surface area contributed by atoms with Crippen LogP contribution in [-0.2, 0) is 4.79 Å². The zero-order valence-electron chi connectivity index (χ0n) is 8.53. The van der Waals surface area contributed by atoms with Crippen LogP contribution in [-0.4, -0.2) is 55.6 Å². The predicted molar refractivity (Wildman–Crippen MR) is 55.0 cm³/mol. The Balaban J connectivity index is 2.40. The molecule has 0 bridgehead atoms. The van der Waals surface area contributed by atoms with Gasteiger partial charge in [0.1, 0.15) is 0 Å². The lowest BCUT2D eigenvalue weighted by Crippen LogP contribution is -2.57. The van der Waals surface area contributed by atoms with Gasteiger partial charge in [0, 0.05) is 32.2 Å². The van der Waals surface area contributed by atoms with E-state index in [1.165, 1.54) is 0 Å². The summed E-state index contributed by atoms with van der Waals surface area (Å²) in [5.41, 5.74) is 10.4. The number of carbonyl (C=O) groups is 2. The normalized spacial score (nSPS) is 22.3. The first-order valence-electron chi connectivity index (χ1n) is 4.87. The van der Waals surface area contributed by atoms with E-state index in [0.717, 1.165) is 19.6 Å². The molecule has 15 heavy (non-hydrogen) atoms. The van der Waals surface area contributed by atoms with Crippen LogP contribution in [0.5, 0.6) is 0 Å². The van der Waals surface area contributed by atoms with Crippen molar-refractivity contribution in [3.8, 4) is 0 Å². The summed E-state index contributed by atoms with van der Waals surface area (Å²) in [5, 5.41) is 5.22. The number of nitrogens with zero attached hydrogens (tertiary/aromatic N) is 1. The third-order valence-corrected chi connectivity index (χ3v) is 2.35. The van der Waals surface area contributed by atoms with Gasteiger partial charge in [0.2, 0.25) is 5.91 Å². The Morgan fingerprint density at radius 2 is 2.27 bits per heavy atom. The fraction of sp³-hybridized carbons (Fsp3) is 0.750. The summed E-state index contributed by atoms with van der Waals surface area (Å²) in [6.07, 6.45) is 0. The number of carbonyl (C=O) groups excluding carboxylic acids is 2. The van der Waals surface area contributed by atoms with Crippen LogP contribution in [0.4, 0.5) is 4.79 Å². The Hall–Kier alpha value is -1.18. The highest BCUT2D eigenvalue weighted by atomic mass is 16.2. The number of nitrogens with two attached hydrogens (primary N) is 2. The van der Waals surface area contributed by atoms with E-state index in [-0.39, 0.29) is 18.5 Å². The maximum Gasteiger partial charge on any atom is 0.318 e. The third-order valence-electron chi connectivity index (χ3n) is 2.35. The smallest absolute Gasteiger partial charge is 0.318 e. The van der Waals surface area contributed by atoms with Gasteiger partial charge in [0.25, 0.3) is 0 Å². The molecule has 0 radical (unpaired) electrons. The van der Waals surface area contributed by atoms with Crippen molar-refractivity contribution in [1.82, 2.24) is 15.5 Å². The van der Waals surface area contributed by atoms with Crippen molar-refractivity contribution in [2.24, 2.45) is 11.5 Å². The number of urea groups is 1. The van der Waals surface area contributed by atoms with Crippen LogP contribution < -0.4 is 22.1 Å². The average molecular weight is 215 g/mol. The maximum atomic E-state index is 11.3. The molecule has 1 atom stereocenters. The lowest BCUT2D eigenvalue weighted by molar-refractivity contribution is -0.121. The number of nitrogens with one attached hydrogen (secondary N) is 2. The zero-order valence-corrected chi connectivity index (χ0v) is 8.53. The molecule has 6 N–H and O–H groups in total. The van der Waals surface area contributed by atoms with Crippen molar-refractivity contribution in [3.63, 3.8) is 0 Å². The van der Waals surface area contributed by atoms with Crippen LogP contribution in [0.3, 0.4) is 0 Å². The highest BCUT2D eigenvalue weighted by molar-refractivity contribution is 5.94. The average Bonchev–Trinajstić information content (AvgIpc) is 2.17. The van der Waals surface area contributed by atoms with Crippen molar-refractivity contribution in [3.05, 3.63) is 0 Å². The molecule has 1 heterocycles. The lowest BCUT2D eigenvalue weighted by atomic mass is 10.2. The second kappa shape index (κ2) is 5.64. The molecule has 0 aromatic carbocycles. The SMILES string of the molecule is NCC1CNCCN1CC(=O)NC(N)=O. The Labute approximate surface area is 88.2 Å². The number of hydrogen-bond donors (Lipinski definition) is 4. The second-order valence-corrected chi connectivity index (χ2v) is 3.48. The van der Waals surface area contributed by atoms with Crippen LogP contribution in [0, 0.1) is 0 Å². The number of primary amides is 1. The van der Waals surface area contributed by atoms with Gasteiger partial charge in [-0.05, 0) is 0 Å². The van der Waals surface area contributed by atoms with E-state index in [9.17, 15) is 9.59 Å². The highest BCUT2D eigenvalue weighted by Gasteiger charge is 2.22. The second-order valence-electron chi connectivity index (χ2n) is 3.48. The van der Waals surface area contributed by atoms with E-state index in [0.29, 0.717) is 6.54 Å². The Kier molecular flexibility index (Phi) is 4.47. The van der Waals surface area contributed by atoms with Gasteiger partial charge in [-0.15, -0.1) is 0 Å². The van der Waals surface area contributed by atoms with Crippen LogP contribution in [0.2, 0.25) is 0 Å². The molecule has 7 heteroatoms. The maximum absolute atomic E-state index is 11.3. The van der Waals surface area contributed by atoms with Gasteiger partial charge in [-0.25, -0.2) is 4.79 Å². The molecular formula is C8H17N5O2. The molecule has 1 aliphatic rings. The topological polar surface area (TPSA) is 113 Å². The molecule has 1 unspecified atom stereocenters. The summed E-state index contributed by atoms with van der Waals surface area (Å²) in [7, 11) is 0. The first-order chi connectivity index (χ1) is 7.13. The monoisotopic (exact) mass is 215 g/mol. The van der Waals surface area contributed by atoms with Gasteiger partial charge in [0.15, 0.2) is 0 Å². The molecule has 7 nitrogen and oxygen atoms in total. The number of hydrogen-bond acceptors (Lipinski definition) is 5. The van der Waals surface area contributed by atoms with E-state index < -0.39 is 6.03 Å². The van der Waals surface area contributed by atoms with Crippen molar-refractivity contribution < 1.29 is 9.59 Å². The van der Waals surface area contributed by atoms with Gasteiger partial charge in [0.05, 0.1) is 6.54 Å². The molecule has 1 aliphatic heterocycles. The molecule has 3 amide bonds. The minimum absolute atomic E-state index is 0.136. The number of amides is 3. The van der Waals surface area contributed by atoms with Crippen molar-refractivity contribution in [1.29, 1.82) is 0 Å². The minimum atomic E-state index is -0.820. The lowest BCUT2D eigenvalue weighted by Gasteiger charge is -2.34. The van der Waals surface area contributed by atoms with E-state index >= 15 is 0 Å². The van der Waals surface area contributed by atoms with Crippen LogP contribution in [0.25, 0.3) is 0 Å². The van der Waals surface area contributed by atoms with Crippen LogP contribution >= 0.6 is 0 Å². The zero-order chi connectivity index (χ0) is 11.3. The minimum Gasteiger partial charge on any atom is -0.351 e. The summed E-state index contributed by atoms with van der Waals surface area (Å²) in [6, 6.07) is -0.684. The van der Waals surface area contributed by atoms with Crippen molar-refractivity contribution >= 4 is 11.9 Å². The van der Waals surface area contributed by atoms with E-state index in [2.05, 4.69) is 5.32 Å². The van der Waals surface area contributed by atoms with Crippen molar-refractivity contribution in [2.45, 2.75) is 6.04 Å². The van der Waals surface area contributed by atoms with Gasteiger partial charge >= 0.3 is 6.03 Å². The number of piperazine rings is 1. The Morgan fingerprint density at radius 1 is 1.53 bits per heavy atom. The Bertz CT molecular complexity index is 245. The Morgan fingerprint density at radius 3 is 2.87 bits per heavy atom. The van der Waals surface area contributed by atoms with Gasteiger partial charge < -0.3 is 16.8 Å².